The van der Waals surface area contributed by atoms with Gasteiger partial charge in [-0.15, -0.1) is 0 Å². The van der Waals surface area contributed by atoms with Crippen molar-refractivity contribution in [2.75, 3.05) is 11.9 Å². The molecule has 3 aromatic rings. The summed E-state index contributed by atoms with van der Waals surface area (Å²) in [6, 6.07) is 12.5. The lowest BCUT2D eigenvalue weighted by Gasteiger charge is -2.17. The Labute approximate surface area is 185 Å². The van der Waals surface area contributed by atoms with E-state index >= 15 is 0 Å². The normalized spacial score (nSPS) is 10.7. The molecular formula is C23H21Cl2N3O2. The van der Waals surface area contributed by atoms with Gasteiger partial charge in [0.2, 0.25) is 5.91 Å². The smallest absolute Gasteiger partial charge is 0.226 e. The highest BCUT2D eigenvalue weighted by atomic mass is 35.5. The summed E-state index contributed by atoms with van der Waals surface area (Å²) in [4.78, 5) is 34.3. The minimum absolute atomic E-state index is 0.00477. The minimum atomic E-state index is 0.00477. The van der Waals surface area contributed by atoms with Gasteiger partial charge in [-0.2, -0.15) is 0 Å². The molecule has 30 heavy (non-hydrogen) atoms. The van der Waals surface area contributed by atoms with Crippen LogP contribution in [0.1, 0.15) is 35.7 Å². The van der Waals surface area contributed by atoms with Gasteiger partial charge in [0.1, 0.15) is 5.15 Å². The quantitative estimate of drug-likeness (QED) is 0.351. The molecule has 0 aliphatic rings. The van der Waals surface area contributed by atoms with Gasteiger partial charge in [0, 0.05) is 49.1 Å². The van der Waals surface area contributed by atoms with Crippen molar-refractivity contribution in [3.63, 3.8) is 0 Å². The van der Waals surface area contributed by atoms with Crippen molar-refractivity contribution in [1.29, 1.82) is 0 Å². The third-order valence-electron chi connectivity index (χ3n) is 4.81. The summed E-state index contributed by atoms with van der Waals surface area (Å²) in [6.07, 6.45) is 4.60. The first kappa shape index (κ1) is 21.9. The Morgan fingerprint density at radius 3 is 2.40 bits per heavy atom. The predicted molar refractivity (Wildman–Crippen MR) is 120 cm³/mol. The zero-order valence-electron chi connectivity index (χ0n) is 16.7. The number of pyridine rings is 2. The van der Waals surface area contributed by atoms with Crippen LogP contribution in [0.4, 0.5) is 5.69 Å². The average Bonchev–Trinajstić information content (AvgIpc) is 2.77. The van der Waals surface area contributed by atoms with E-state index in [0.29, 0.717) is 40.7 Å². The number of Topliss-reactive ketones (excluding diaryl/α,β-unsaturated/α-hetero) is 1. The molecule has 0 saturated carbocycles. The van der Waals surface area contributed by atoms with Crippen molar-refractivity contribution in [2.45, 2.75) is 26.2 Å². The number of carbonyl (C=O) groups excluding carboxylic acids is 2. The van der Waals surface area contributed by atoms with Gasteiger partial charge in [-0.3, -0.25) is 14.6 Å². The van der Waals surface area contributed by atoms with E-state index < -0.39 is 0 Å². The van der Waals surface area contributed by atoms with E-state index in [4.69, 9.17) is 23.2 Å². The number of hydrogen-bond donors (Lipinski definition) is 0. The summed E-state index contributed by atoms with van der Waals surface area (Å²) < 4.78 is 0. The van der Waals surface area contributed by atoms with Gasteiger partial charge in [0.25, 0.3) is 0 Å². The molecule has 0 saturated heterocycles. The third-order valence-corrected chi connectivity index (χ3v) is 5.34. The Bertz CT molecular complexity index is 1050. The van der Waals surface area contributed by atoms with Crippen LogP contribution in [-0.2, 0) is 11.2 Å². The predicted octanol–water partition coefficient (Wildman–Crippen LogP) is 5.64. The van der Waals surface area contributed by atoms with E-state index in [1.165, 1.54) is 0 Å². The zero-order chi connectivity index (χ0) is 21.7. The minimum Gasteiger partial charge on any atom is -0.315 e. The number of ketones is 1. The van der Waals surface area contributed by atoms with Crippen molar-refractivity contribution >= 4 is 40.6 Å². The highest BCUT2D eigenvalue weighted by Crippen LogP contribution is 2.30. The third kappa shape index (κ3) is 5.23. The summed E-state index contributed by atoms with van der Waals surface area (Å²) in [6.45, 7) is 1.81. The second-order valence-electron chi connectivity index (χ2n) is 6.81. The van der Waals surface area contributed by atoms with Crippen molar-refractivity contribution in [3.05, 3.63) is 76.2 Å². The van der Waals surface area contributed by atoms with E-state index in [9.17, 15) is 9.59 Å². The molecule has 0 spiro atoms. The number of halogens is 2. The number of benzene rings is 1. The van der Waals surface area contributed by atoms with Gasteiger partial charge in [-0.05, 0) is 48.4 Å². The summed E-state index contributed by atoms with van der Waals surface area (Å²) in [7, 11) is 1.72. The number of hydrogen-bond acceptors (Lipinski definition) is 4. The Balaban J connectivity index is 1.69. The zero-order valence-corrected chi connectivity index (χ0v) is 18.2. The van der Waals surface area contributed by atoms with Gasteiger partial charge in [-0.25, -0.2) is 4.98 Å². The molecule has 0 N–H and O–H groups in total. The number of aromatic nitrogens is 2. The van der Waals surface area contributed by atoms with Gasteiger partial charge in [0.15, 0.2) is 5.78 Å². The molecule has 0 atom stereocenters. The first-order valence-electron chi connectivity index (χ1n) is 9.55. The van der Waals surface area contributed by atoms with Crippen LogP contribution in [0, 0.1) is 0 Å². The summed E-state index contributed by atoms with van der Waals surface area (Å²) >= 11 is 12.2. The summed E-state index contributed by atoms with van der Waals surface area (Å²) in [5.74, 6) is 0.0133. The van der Waals surface area contributed by atoms with Crippen molar-refractivity contribution in [3.8, 4) is 11.3 Å². The molecule has 0 aliphatic heterocycles. The Kier molecular flexibility index (Phi) is 7.19. The first-order valence-corrected chi connectivity index (χ1v) is 10.3. The maximum atomic E-state index is 12.5. The fourth-order valence-electron chi connectivity index (χ4n) is 2.98. The number of aryl methyl sites for hydroxylation is 1. The Morgan fingerprint density at radius 1 is 1.00 bits per heavy atom. The Morgan fingerprint density at radius 2 is 1.80 bits per heavy atom. The van der Waals surface area contributed by atoms with Crippen LogP contribution in [0.3, 0.4) is 0 Å². The van der Waals surface area contributed by atoms with Crippen LogP contribution in [0.2, 0.25) is 10.2 Å². The molecule has 0 unspecified atom stereocenters. The molecular weight excluding hydrogens is 421 g/mol. The maximum Gasteiger partial charge on any atom is 0.226 e. The summed E-state index contributed by atoms with van der Waals surface area (Å²) in [5, 5.41) is 0.922. The number of carbonyl (C=O) groups is 2. The average molecular weight is 442 g/mol. The van der Waals surface area contributed by atoms with E-state index in [2.05, 4.69) is 9.97 Å². The second kappa shape index (κ2) is 9.83. The van der Waals surface area contributed by atoms with Gasteiger partial charge >= 0.3 is 0 Å². The van der Waals surface area contributed by atoms with E-state index in [-0.39, 0.29) is 11.7 Å². The lowest BCUT2D eigenvalue weighted by atomic mass is 10.0. The molecule has 1 aromatic carbocycles. The maximum absolute atomic E-state index is 12.5. The monoisotopic (exact) mass is 441 g/mol. The number of anilines is 1. The highest BCUT2D eigenvalue weighted by molar-refractivity contribution is 6.33. The largest absolute Gasteiger partial charge is 0.315 e. The SMILES string of the molecule is CCC(=O)N(C)c1ccc(-c2ccc(C(=O)CCc3ccc(Cl)nc3)cn2)c(Cl)c1. The molecule has 154 valence electrons. The molecule has 0 radical (unpaired) electrons. The second-order valence-corrected chi connectivity index (χ2v) is 7.61. The van der Waals surface area contributed by atoms with Crippen LogP contribution in [-0.4, -0.2) is 28.7 Å². The number of amides is 1. The molecule has 5 nitrogen and oxygen atoms in total. The molecule has 2 heterocycles. The van der Waals surface area contributed by atoms with E-state index in [1.54, 1.807) is 48.6 Å². The molecule has 7 heteroatoms. The topological polar surface area (TPSA) is 63.2 Å². The number of rotatable bonds is 7. The van der Waals surface area contributed by atoms with Gasteiger partial charge < -0.3 is 4.90 Å². The van der Waals surface area contributed by atoms with Crippen LogP contribution >= 0.6 is 23.2 Å². The van der Waals surface area contributed by atoms with Gasteiger partial charge in [0.05, 0.1) is 10.7 Å². The number of nitrogens with zero attached hydrogens (tertiary/aromatic N) is 3. The highest BCUT2D eigenvalue weighted by Gasteiger charge is 2.13. The van der Waals surface area contributed by atoms with Gasteiger partial charge in [-0.1, -0.05) is 36.2 Å². The summed E-state index contributed by atoms with van der Waals surface area (Å²) in [5.41, 5.74) is 3.62. The molecule has 1 amide bonds. The molecule has 0 bridgehead atoms. The van der Waals surface area contributed by atoms with Crippen molar-refractivity contribution < 1.29 is 9.59 Å². The van der Waals surface area contributed by atoms with Crippen LogP contribution in [0.5, 0.6) is 0 Å². The van der Waals surface area contributed by atoms with E-state index in [0.717, 1.165) is 16.8 Å². The van der Waals surface area contributed by atoms with E-state index in [1.807, 2.05) is 25.1 Å². The van der Waals surface area contributed by atoms with Crippen molar-refractivity contribution in [1.82, 2.24) is 9.97 Å². The van der Waals surface area contributed by atoms with Crippen LogP contribution in [0.15, 0.2) is 54.9 Å². The molecule has 3 rings (SSSR count). The fourth-order valence-corrected chi connectivity index (χ4v) is 3.36. The van der Waals surface area contributed by atoms with Crippen LogP contribution in [0.25, 0.3) is 11.3 Å². The molecule has 0 fully saturated rings. The molecule has 0 aliphatic carbocycles. The first-order chi connectivity index (χ1) is 14.4. The fraction of sp³-hybridized carbons (Fsp3) is 0.217. The lowest BCUT2D eigenvalue weighted by Crippen LogP contribution is -2.24. The Hall–Kier alpha value is -2.76. The van der Waals surface area contributed by atoms with Crippen LogP contribution < -0.4 is 4.90 Å². The molecule has 2 aromatic heterocycles. The lowest BCUT2D eigenvalue weighted by molar-refractivity contribution is -0.118. The standard InChI is InChI=1S/C23H21Cl2N3O2/c1-3-23(30)28(2)17-7-8-18(19(24)12-17)20-9-6-16(14-26-20)21(29)10-4-15-5-11-22(25)27-13-15/h5-9,11-14H,3-4,10H2,1-2H3. The van der Waals surface area contributed by atoms with Crippen molar-refractivity contribution in [2.24, 2.45) is 0 Å².